The minimum Gasteiger partial charge on any atom is -0.282 e. The van der Waals surface area contributed by atoms with Gasteiger partial charge in [0.15, 0.2) is 5.84 Å². The molecule has 8 aromatic rings. The zero-order valence-electron chi connectivity index (χ0n) is 29.8. The molecule has 53 heavy (non-hydrogen) atoms. The molecule has 0 atom stereocenters. The predicted molar refractivity (Wildman–Crippen MR) is 225 cm³/mol. The number of hydrogen-bond donors (Lipinski definition) is 1. The topological polar surface area (TPSA) is 36.2 Å². The zero-order valence-corrected chi connectivity index (χ0v) is 29.8. The molecule has 0 aliphatic heterocycles. The van der Waals surface area contributed by atoms with E-state index in [1.807, 2.05) is 30.3 Å². The van der Waals surface area contributed by atoms with Gasteiger partial charge in [-0.3, -0.25) is 5.41 Å². The van der Waals surface area contributed by atoms with Crippen molar-refractivity contribution < 1.29 is 0 Å². The van der Waals surface area contributed by atoms with Crippen molar-refractivity contribution in [3.8, 4) is 33.4 Å². The van der Waals surface area contributed by atoms with Crippen LogP contribution in [0.2, 0.25) is 0 Å². The molecule has 0 heterocycles. The molecule has 1 aliphatic rings. The number of amidine groups is 1. The monoisotopic (exact) mass is 678 g/mol. The van der Waals surface area contributed by atoms with Crippen molar-refractivity contribution in [1.29, 1.82) is 5.41 Å². The van der Waals surface area contributed by atoms with E-state index in [0.29, 0.717) is 0 Å². The maximum Gasteiger partial charge on any atom is 0.152 e. The van der Waals surface area contributed by atoms with Crippen molar-refractivity contribution in [3.63, 3.8) is 0 Å². The van der Waals surface area contributed by atoms with Crippen molar-refractivity contribution in [2.45, 2.75) is 19.3 Å². The fourth-order valence-corrected chi connectivity index (χ4v) is 8.31. The van der Waals surface area contributed by atoms with Crippen molar-refractivity contribution in [1.82, 2.24) is 0 Å². The second-order valence-corrected chi connectivity index (χ2v) is 14.3. The van der Waals surface area contributed by atoms with E-state index in [2.05, 4.69) is 172 Å². The van der Waals surface area contributed by atoms with Gasteiger partial charge in [0, 0.05) is 16.5 Å². The average molecular weight is 679 g/mol. The van der Waals surface area contributed by atoms with Crippen LogP contribution in [0.1, 0.15) is 41.7 Å². The first-order valence-electron chi connectivity index (χ1n) is 18.2. The molecule has 0 bridgehead atoms. The van der Waals surface area contributed by atoms with Crippen molar-refractivity contribution in [3.05, 3.63) is 210 Å². The second kappa shape index (κ2) is 13.2. The number of aliphatic imine (C=N–C) groups is 1. The van der Waals surface area contributed by atoms with Gasteiger partial charge in [0.2, 0.25) is 0 Å². The Bertz CT molecular complexity index is 2760. The van der Waals surface area contributed by atoms with E-state index in [1.165, 1.54) is 54.9 Å². The molecule has 8 aromatic carbocycles. The third-order valence-electron chi connectivity index (χ3n) is 10.8. The van der Waals surface area contributed by atoms with Crippen LogP contribution < -0.4 is 0 Å². The van der Waals surface area contributed by atoms with Crippen LogP contribution in [-0.4, -0.2) is 11.5 Å². The summed E-state index contributed by atoms with van der Waals surface area (Å²) in [6.45, 7) is 4.70. The molecular formula is C51H38N2. The number of benzene rings is 8. The van der Waals surface area contributed by atoms with Crippen LogP contribution in [0.25, 0.3) is 61.0 Å². The van der Waals surface area contributed by atoms with Crippen LogP contribution in [0, 0.1) is 5.41 Å². The fourth-order valence-electron chi connectivity index (χ4n) is 8.31. The molecule has 2 nitrogen and oxygen atoms in total. The highest BCUT2D eigenvalue weighted by Crippen LogP contribution is 2.52. The van der Waals surface area contributed by atoms with E-state index in [0.717, 1.165) is 33.5 Å². The molecule has 9 rings (SSSR count). The Labute approximate surface area is 311 Å². The smallest absolute Gasteiger partial charge is 0.152 e. The zero-order chi connectivity index (χ0) is 35.9. The number of nitrogens with one attached hydrogen (secondary N) is 1. The molecule has 0 aromatic heterocycles. The molecular weight excluding hydrogens is 641 g/mol. The lowest BCUT2D eigenvalue weighted by Crippen LogP contribution is -2.16. The summed E-state index contributed by atoms with van der Waals surface area (Å²) >= 11 is 0. The predicted octanol–water partition coefficient (Wildman–Crippen LogP) is 13.2. The summed E-state index contributed by atoms with van der Waals surface area (Å²) < 4.78 is 0. The third kappa shape index (κ3) is 5.60. The minimum absolute atomic E-state index is 0.117. The molecule has 252 valence electrons. The van der Waals surface area contributed by atoms with Gasteiger partial charge in [0.05, 0.1) is 5.71 Å². The van der Waals surface area contributed by atoms with Crippen LogP contribution in [0.3, 0.4) is 0 Å². The first-order valence-corrected chi connectivity index (χ1v) is 18.2. The molecule has 0 saturated carbocycles. The SMILES string of the molecule is CC1(C)c2ccccc2-c2cccc(-c3ccc(/C=C/C(=NC(=N)c4ccccc4)c4ccccc4-c4cccc5ccccc45)c4ccccc34)c21. The number of nitrogens with zero attached hydrogens (tertiary/aromatic N) is 1. The van der Waals surface area contributed by atoms with Crippen LogP contribution in [-0.2, 0) is 5.41 Å². The minimum atomic E-state index is -0.117. The van der Waals surface area contributed by atoms with Gasteiger partial charge in [-0.25, -0.2) is 4.99 Å². The van der Waals surface area contributed by atoms with Crippen molar-refractivity contribution >= 4 is 39.2 Å². The van der Waals surface area contributed by atoms with Gasteiger partial charge < -0.3 is 0 Å². The molecule has 0 amide bonds. The summed E-state index contributed by atoms with van der Waals surface area (Å²) in [4.78, 5) is 5.03. The highest BCUT2D eigenvalue weighted by atomic mass is 14.8. The molecule has 0 fully saturated rings. The van der Waals surface area contributed by atoms with Gasteiger partial charge in [-0.2, -0.15) is 0 Å². The van der Waals surface area contributed by atoms with Crippen LogP contribution in [0.15, 0.2) is 187 Å². The number of rotatable bonds is 6. The second-order valence-electron chi connectivity index (χ2n) is 14.3. The first kappa shape index (κ1) is 32.3. The van der Waals surface area contributed by atoms with Crippen molar-refractivity contribution in [2.24, 2.45) is 4.99 Å². The van der Waals surface area contributed by atoms with Gasteiger partial charge in [-0.05, 0) is 77.7 Å². The molecule has 1 aliphatic carbocycles. The molecule has 0 saturated heterocycles. The summed E-state index contributed by atoms with van der Waals surface area (Å²) in [5.41, 5.74) is 13.6. The largest absolute Gasteiger partial charge is 0.282 e. The summed E-state index contributed by atoms with van der Waals surface area (Å²) in [6, 6.07) is 61.9. The maximum atomic E-state index is 9.07. The van der Waals surface area contributed by atoms with E-state index in [9.17, 15) is 0 Å². The molecule has 0 spiro atoms. The number of fused-ring (bicyclic) bond motifs is 5. The lowest BCUT2D eigenvalue weighted by molar-refractivity contribution is 0.662. The van der Waals surface area contributed by atoms with E-state index in [4.69, 9.17) is 10.4 Å². The Morgan fingerprint density at radius 2 is 1.06 bits per heavy atom. The summed E-state index contributed by atoms with van der Waals surface area (Å²) in [5.74, 6) is 0.222. The molecule has 2 heteroatoms. The Morgan fingerprint density at radius 3 is 1.89 bits per heavy atom. The lowest BCUT2D eigenvalue weighted by Gasteiger charge is -2.25. The maximum absolute atomic E-state index is 9.07. The fraction of sp³-hybridized carbons (Fsp3) is 0.0588. The summed E-state index contributed by atoms with van der Waals surface area (Å²) in [5, 5.41) is 13.8. The molecule has 1 N–H and O–H groups in total. The molecule has 0 unspecified atom stereocenters. The van der Waals surface area contributed by atoms with Crippen LogP contribution in [0.5, 0.6) is 0 Å². The van der Waals surface area contributed by atoms with Gasteiger partial charge in [0.1, 0.15) is 0 Å². The van der Waals surface area contributed by atoms with E-state index >= 15 is 0 Å². The Hall–Kier alpha value is -6.64. The van der Waals surface area contributed by atoms with E-state index < -0.39 is 0 Å². The van der Waals surface area contributed by atoms with Gasteiger partial charge in [-0.15, -0.1) is 0 Å². The highest BCUT2D eigenvalue weighted by Gasteiger charge is 2.37. The normalized spacial score (nSPS) is 13.4. The van der Waals surface area contributed by atoms with Gasteiger partial charge in [-0.1, -0.05) is 196 Å². The molecule has 0 radical (unpaired) electrons. The highest BCUT2D eigenvalue weighted by molar-refractivity contribution is 6.21. The van der Waals surface area contributed by atoms with Gasteiger partial charge in [0.25, 0.3) is 0 Å². The van der Waals surface area contributed by atoms with Crippen LogP contribution >= 0.6 is 0 Å². The Balaban J connectivity index is 1.19. The number of allylic oxidation sites excluding steroid dienone is 1. The quantitative estimate of drug-likeness (QED) is 0.134. The van der Waals surface area contributed by atoms with Crippen LogP contribution in [0.4, 0.5) is 0 Å². The summed E-state index contributed by atoms with van der Waals surface area (Å²) in [6.07, 6.45) is 4.25. The third-order valence-corrected chi connectivity index (χ3v) is 10.8. The van der Waals surface area contributed by atoms with Gasteiger partial charge >= 0.3 is 0 Å². The Kier molecular flexibility index (Phi) is 8.01. The Morgan fingerprint density at radius 1 is 0.491 bits per heavy atom. The lowest BCUT2D eigenvalue weighted by atomic mass is 9.78. The van der Waals surface area contributed by atoms with E-state index in [1.54, 1.807) is 0 Å². The van der Waals surface area contributed by atoms with E-state index in [-0.39, 0.29) is 11.3 Å². The van der Waals surface area contributed by atoms with Crippen molar-refractivity contribution in [2.75, 3.05) is 0 Å². The standard InChI is InChI=1S/C51H38N2/c1-51(2)47-29-13-12-24-43(47)46-28-15-27-45(49(46)51)42-32-30-35(38-21-8-9-22-39(38)42)31-33-48(53-50(52)36-17-4-3-5-18-36)44-25-11-10-23-41(44)40-26-14-19-34-16-6-7-20-37(34)40/h3-33,52H,1-2H3/b33-31+,52-50?,53-48?. The summed E-state index contributed by atoms with van der Waals surface area (Å²) in [7, 11) is 0. The average Bonchev–Trinajstić information content (AvgIpc) is 3.45. The first-order chi connectivity index (χ1) is 26.0. The number of hydrogen-bond acceptors (Lipinski definition) is 1.